The second-order valence-electron chi connectivity index (χ2n) is 3.09. The van der Waals surface area contributed by atoms with Gasteiger partial charge >= 0.3 is 6.18 Å². The molecule has 0 aromatic heterocycles. The molecule has 0 radical (unpaired) electrons. The van der Waals surface area contributed by atoms with Crippen LogP contribution in [0.2, 0.25) is 0 Å². The van der Waals surface area contributed by atoms with Gasteiger partial charge in [-0.15, -0.1) is 11.8 Å². The number of para-hydroxylation sites is 1. The molecule has 2 nitrogen and oxygen atoms in total. The lowest BCUT2D eigenvalue weighted by atomic mass is 10.3. The number of carbonyl (C=O) groups excluding carboxylic acids is 1. The van der Waals surface area contributed by atoms with Gasteiger partial charge in [0, 0.05) is 4.90 Å². The maximum absolute atomic E-state index is 12.1. The van der Waals surface area contributed by atoms with E-state index < -0.39 is 17.8 Å². The summed E-state index contributed by atoms with van der Waals surface area (Å²) >= 11 is 0.632. The molecule has 0 aliphatic rings. The lowest BCUT2D eigenvalue weighted by Gasteiger charge is -2.10. The van der Waals surface area contributed by atoms with Crippen molar-refractivity contribution in [2.45, 2.75) is 11.1 Å². The molecule has 0 saturated carbocycles. The molecule has 92 valence electrons. The van der Waals surface area contributed by atoms with Crippen molar-refractivity contribution in [1.82, 2.24) is 0 Å². The Morgan fingerprint density at radius 1 is 1.41 bits per heavy atom. The predicted molar refractivity (Wildman–Crippen MR) is 62.0 cm³/mol. The number of benzene rings is 1. The standard InChI is InChI=1S/C11H10F3NOS/c1-2-10(16)15-8-5-3-4-6-9(8)17-7-11(12,13)14/h2-6H,1,7H2,(H,15,16). The molecule has 0 heterocycles. The van der Waals surface area contributed by atoms with Gasteiger partial charge < -0.3 is 5.32 Å². The molecule has 1 aromatic carbocycles. The number of halogens is 3. The van der Waals surface area contributed by atoms with Crippen LogP contribution in [0.3, 0.4) is 0 Å². The van der Waals surface area contributed by atoms with Crippen molar-refractivity contribution < 1.29 is 18.0 Å². The van der Waals surface area contributed by atoms with Gasteiger partial charge in [0.2, 0.25) is 5.91 Å². The first-order valence-corrected chi connectivity index (χ1v) is 5.63. The number of thioether (sulfide) groups is 1. The Kier molecular flexibility index (Phi) is 4.62. The van der Waals surface area contributed by atoms with E-state index in [0.717, 1.165) is 6.08 Å². The van der Waals surface area contributed by atoms with E-state index in [9.17, 15) is 18.0 Å². The SMILES string of the molecule is C=CC(=O)Nc1ccccc1SCC(F)(F)F. The van der Waals surface area contributed by atoms with Gasteiger partial charge in [-0.3, -0.25) is 4.79 Å². The zero-order valence-corrected chi connectivity index (χ0v) is 9.57. The number of hydrogen-bond donors (Lipinski definition) is 1. The van der Waals surface area contributed by atoms with Crippen LogP contribution in [0, 0.1) is 0 Å². The van der Waals surface area contributed by atoms with Crippen LogP contribution in [-0.4, -0.2) is 17.8 Å². The van der Waals surface area contributed by atoms with Crippen LogP contribution < -0.4 is 5.32 Å². The first-order valence-electron chi connectivity index (χ1n) is 4.64. The third-order valence-electron chi connectivity index (χ3n) is 1.72. The van der Waals surface area contributed by atoms with E-state index in [4.69, 9.17) is 0 Å². The minimum Gasteiger partial charge on any atom is -0.321 e. The summed E-state index contributed by atoms with van der Waals surface area (Å²) in [6.45, 7) is 3.27. The van der Waals surface area contributed by atoms with Crippen molar-refractivity contribution in [1.29, 1.82) is 0 Å². The van der Waals surface area contributed by atoms with Gasteiger partial charge in [0.1, 0.15) is 0 Å². The highest BCUT2D eigenvalue weighted by atomic mass is 32.2. The fourth-order valence-corrected chi connectivity index (χ4v) is 1.81. The Hall–Kier alpha value is -1.43. The van der Waals surface area contributed by atoms with E-state index >= 15 is 0 Å². The third kappa shape index (κ3) is 4.95. The molecule has 1 amide bonds. The summed E-state index contributed by atoms with van der Waals surface area (Å²) in [5.41, 5.74) is 0.353. The largest absolute Gasteiger partial charge is 0.398 e. The molecule has 1 N–H and O–H groups in total. The minimum absolute atomic E-state index is 0.353. The average Bonchev–Trinajstić information content (AvgIpc) is 2.26. The van der Waals surface area contributed by atoms with E-state index in [1.165, 1.54) is 6.07 Å². The summed E-state index contributed by atoms with van der Waals surface area (Å²) < 4.78 is 36.2. The Morgan fingerprint density at radius 3 is 2.65 bits per heavy atom. The van der Waals surface area contributed by atoms with Crippen LogP contribution >= 0.6 is 11.8 Å². The first-order chi connectivity index (χ1) is 7.92. The molecule has 0 fully saturated rings. The topological polar surface area (TPSA) is 29.1 Å². The Labute approximate surface area is 101 Å². The third-order valence-corrected chi connectivity index (χ3v) is 2.86. The van der Waals surface area contributed by atoms with E-state index in [1.54, 1.807) is 18.2 Å². The lowest BCUT2D eigenvalue weighted by molar-refractivity contribution is -0.112. The van der Waals surface area contributed by atoms with Crippen molar-refractivity contribution in [3.05, 3.63) is 36.9 Å². The highest BCUT2D eigenvalue weighted by molar-refractivity contribution is 7.99. The van der Waals surface area contributed by atoms with Gasteiger partial charge in [-0.05, 0) is 18.2 Å². The fraction of sp³-hybridized carbons (Fsp3) is 0.182. The van der Waals surface area contributed by atoms with Gasteiger partial charge in [-0.25, -0.2) is 0 Å². The molecule has 0 saturated heterocycles. The Bertz CT molecular complexity index is 417. The predicted octanol–water partition coefficient (Wildman–Crippen LogP) is 3.47. The number of carbonyl (C=O) groups is 1. The van der Waals surface area contributed by atoms with Gasteiger partial charge in [-0.2, -0.15) is 13.2 Å². The summed E-state index contributed by atoms with van der Waals surface area (Å²) in [5, 5.41) is 2.45. The zero-order valence-electron chi connectivity index (χ0n) is 8.75. The molecule has 17 heavy (non-hydrogen) atoms. The van der Waals surface area contributed by atoms with Crippen LogP contribution in [-0.2, 0) is 4.79 Å². The maximum Gasteiger partial charge on any atom is 0.398 e. The molecule has 1 rings (SSSR count). The quantitative estimate of drug-likeness (QED) is 0.664. The van der Waals surface area contributed by atoms with E-state index in [-0.39, 0.29) is 0 Å². The van der Waals surface area contributed by atoms with E-state index in [1.807, 2.05) is 0 Å². The Balaban J connectivity index is 2.77. The number of nitrogens with one attached hydrogen (secondary N) is 1. The van der Waals surface area contributed by atoms with E-state index in [2.05, 4.69) is 11.9 Å². The van der Waals surface area contributed by atoms with Crippen molar-refractivity contribution in [3.8, 4) is 0 Å². The monoisotopic (exact) mass is 261 g/mol. The molecule has 0 aliphatic heterocycles. The number of hydrogen-bond acceptors (Lipinski definition) is 2. The minimum atomic E-state index is -4.24. The smallest absolute Gasteiger partial charge is 0.321 e. The summed E-state index contributed by atoms with van der Waals surface area (Å²) in [6, 6.07) is 6.31. The van der Waals surface area contributed by atoms with Crippen LogP contribution in [0.15, 0.2) is 41.8 Å². The van der Waals surface area contributed by atoms with Gasteiger partial charge in [0.05, 0.1) is 11.4 Å². The van der Waals surface area contributed by atoms with Crippen LogP contribution in [0.1, 0.15) is 0 Å². The molecule has 0 bridgehead atoms. The summed E-state index contributed by atoms with van der Waals surface area (Å²) in [7, 11) is 0. The number of alkyl halides is 3. The second-order valence-corrected chi connectivity index (χ2v) is 4.11. The molecular formula is C11H10F3NOS. The molecule has 0 aliphatic carbocycles. The number of anilines is 1. The Morgan fingerprint density at radius 2 is 2.06 bits per heavy atom. The van der Waals surface area contributed by atoms with Crippen molar-refractivity contribution >= 4 is 23.4 Å². The summed E-state index contributed by atoms with van der Waals surface area (Å²) in [4.78, 5) is 11.4. The second kappa shape index (κ2) is 5.77. The molecule has 0 unspecified atom stereocenters. The fourth-order valence-electron chi connectivity index (χ4n) is 1.04. The number of amides is 1. The molecule has 0 atom stereocenters. The van der Waals surface area contributed by atoms with Gasteiger partial charge in [-0.1, -0.05) is 18.7 Å². The normalized spacial score (nSPS) is 11.0. The van der Waals surface area contributed by atoms with Crippen molar-refractivity contribution in [3.63, 3.8) is 0 Å². The average molecular weight is 261 g/mol. The highest BCUT2D eigenvalue weighted by Crippen LogP contribution is 2.31. The van der Waals surface area contributed by atoms with Crippen molar-refractivity contribution in [2.75, 3.05) is 11.1 Å². The molecule has 0 spiro atoms. The van der Waals surface area contributed by atoms with Gasteiger partial charge in [0.25, 0.3) is 0 Å². The lowest BCUT2D eigenvalue weighted by Crippen LogP contribution is -2.12. The summed E-state index contributed by atoms with van der Waals surface area (Å²) in [5.74, 6) is -1.45. The maximum atomic E-state index is 12.1. The molecule has 6 heteroatoms. The highest BCUT2D eigenvalue weighted by Gasteiger charge is 2.27. The first kappa shape index (κ1) is 13.6. The number of rotatable bonds is 4. The molecular weight excluding hydrogens is 251 g/mol. The van der Waals surface area contributed by atoms with Crippen LogP contribution in [0.4, 0.5) is 18.9 Å². The van der Waals surface area contributed by atoms with Crippen LogP contribution in [0.25, 0.3) is 0 Å². The molecule has 1 aromatic rings. The summed E-state index contributed by atoms with van der Waals surface area (Å²) in [6.07, 6.45) is -3.18. The van der Waals surface area contributed by atoms with Crippen LogP contribution in [0.5, 0.6) is 0 Å². The van der Waals surface area contributed by atoms with Crippen molar-refractivity contribution in [2.24, 2.45) is 0 Å². The zero-order chi connectivity index (χ0) is 12.9. The van der Waals surface area contributed by atoms with Gasteiger partial charge in [0.15, 0.2) is 0 Å². The van der Waals surface area contributed by atoms with E-state index in [0.29, 0.717) is 22.3 Å².